The van der Waals surface area contributed by atoms with Gasteiger partial charge in [0.2, 0.25) is 0 Å². The van der Waals surface area contributed by atoms with Crippen molar-refractivity contribution in [3.8, 4) is 11.8 Å². The lowest BCUT2D eigenvalue weighted by atomic mass is 10.2. The summed E-state index contributed by atoms with van der Waals surface area (Å²) < 4.78 is 0. The van der Waals surface area contributed by atoms with Crippen LogP contribution in [0.3, 0.4) is 0 Å². The lowest BCUT2D eigenvalue weighted by Crippen LogP contribution is -2.06. The second-order valence-corrected chi connectivity index (χ2v) is 3.05. The van der Waals surface area contributed by atoms with E-state index >= 15 is 0 Å². The first-order valence-corrected chi connectivity index (χ1v) is 4.56. The molecule has 0 saturated carbocycles. The third-order valence-corrected chi connectivity index (χ3v) is 1.76. The number of hydrogen-bond acceptors (Lipinski definition) is 3. The molecule has 0 saturated heterocycles. The molecule has 0 aliphatic rings. The van der Waals surface area contributed by atoms with Gasteiger partial charge in [-0.05, 0) is 19.2 Å². The van der Waals surface area contributed by atoms with Gasteiger partial charge < -0.3 is 10.4 Å². The maximum absolute atomic E-state index is 10.8. The van der Waals surface area contributed by atoms with Crippen LogP contribution >= 0.6 is 11.6 Å². The molecule has 1 rings (SSSR count). The summed E-state index contributed by atoms with van der Waals surface area (Å²) in [5.41, 5.74) is 0.244. The van der Waals surface area contributed by atoms with E-state index in [1.807, 2.05) is 0 Å². The highest BCUT2D eigenvalue weighted by Gasteiger charge is 2.10. The minimum absolute atomic E-state index is 0.119. The second-order valence-electron chi connectivity index (χ2n) is 2.67. The first-order valence-electron chi connectivity index (χ1n) is 4.18. The van der Waals surface area contributed by atoms with Crippen molar-refractivity contribution in [1.82, 2.24) is 10.3 Å². The monoisotopic (exact) mass is 224 g/mol. The predicted molar refractivity (Wildman–Crippen MR) is 57.0 cm³/mol. The third-order valence-electron chi connectivity index (χ3n) is 1.55. The van der Waals surface area contributed by atoms with Crippen LogP contribution in [-0.4, -0.2) is 29.7 Å². The van der Waals surface area contributed by atoms with Gasteiger partial charge in [0.1, 0.15) is 5.15 Å². The molecule has 4 nitrogen and oxygen atoms in total. The van der Waals surface area contributed by atoms with Crippen LogP contribution in [0, 0.1) is 11.8 Å². The fourth-order valence-electron chi connectivity index (χ4n) is 0.927. The van der Waals surface area contributed by atoms with Crippen LogP contribution in [0.5, 0.6) is 0 Å². The molecule has 2 N–H and O–H groups in total. The van der Waals surface area contributed by atoms with Crippen LogP contribution in [-0.2, 0) is 0 Å². The Bertz CT molecular complexity index is 435. The van der Waals surface area contributed by atoms with Gasteiger partial charge in [-0.1, -0.05) is 23.4 Å². The van der Waals surface area contributed by atoms with E-state index in [0.717, 1.165) is 0 Å². The van der Waals surface area contributed by atoms with Crippen molar-refractivity contribution in [2.45, 2.75) is 0 Å². The average molecular weight is 225 g/mol. The van der Waals surface area contributed by atoms with Crippen molar-refractivity contribution >= 4 is 17.6 Å². The molecule has 15 heavy (non-hydrogen) atoms. The molecule has 5 heteroatoms. The van der Waals surface area contributed by atoms with Crippen molar-refractivity contribution in [1.29, 1.82) is 0 Å². The highest BCUT2D eigenvalue weighted by molar-refractivity contribution is 6.29. The fraction of sp³-hybridized carbons (Fsp3) is 0.200. The molecule has 0 atom stereocenters. The quantitative estimate of drug-likeness (QED) is 0.581. The van der Waals surface area contributed by atoms with Crippen molar-refractivity contribution in [3.63, 3.8) is 0 Å². The number of nitrogens with zero attached hydrogens (tertiary/aromatic N) is 1. The summed E-state index contributed by atoms with van der Waals surface area (Å²) in [6.07, 6.45) is 0. The zero-order chi connectivity index (χ0) is 11.3. The van der Waals surface area contributed by atoms with Crippen LogP contribution in [0.1, 0.15) is 16.1 Å². The number of halogens is 1. The smallest absolute Gasteiger partial charge is 0.355 e. The summed E-state index contributed by atoms with van der Waals surface area (Å²) in [7, 11) is 1.76. The summed E-state index contributed by atoms with van der Waals surface area (Å²) >= 11 is 5.59. The molecule has 0 fully saturated rings. The minimum atomic E-state index is -1.13. The fourth-order valence-corrected chi connectivity index (χ4v) is 1.07. The highest BCUT2D eigenvalue weighted by atomic mass is 35.5. The number of aromatic carboxylic acids is 1. The molecule has 0 aromatic carbocycles. The Labute approximate surface area is 92.3 Å². The number of nitrogens with one attached hydrogen (secondary N) is 1. The summed E-state index contributed by atoms with van der Waals surface area (Å²) in [4.78, 5) is 14.5. The first-order chi connectivity index (χ1) is 7.15. The minimum Gasteiger partial charge on any atom is -0.476 e. The topological polar surface area (TPSA) is 62.2 Å². The van der Waals surface area contributed by atoms with E-state index in [1.54, 1.807) is 13.1 Å². The van der Waals surface area contributed by atoms with Crippen molar-refractivity contribution in [3.05, 3.63) is 28.5 Å². The van der Waals surface area contributed by atoms with E-state index in [4.69, 9.17) is 16.7 Å². The molecule has 78 valence electrons. The average Bonchev–Trinajstić information content (AvgIpc) is 2.20. The van der Waals surface area contributed by atoms with Crippen LogP contribution < -0.4 is 5.32 Å². The molecular weight excluding hydrogens is 216 g/mol. The van der Waals surface area contributed by atoms with E-state index in [0.29, 0.717) is 12.1 Å². The van der Waals surface area contributed by atoms with Gasteiger partial charge in [0.15, 0.2) is 5.69 Å². The van der Waals surface area contributed by atoms with E-state index in [2.05, 4.69) is 22.1 Å². The maximum atomic E-state index is 10.8. The standard InChI is InChI=1S/C10H9ClN2O2/c1-12-6-2-3-7-4-5-8(11)13-9(7)10(14)15/h4-5,12H,6H2,1H3,(H,14,15). The van der Waals surface area contributed by atoms with E-state index in [9.17, 15) is 4.79 Å². The number of rotatable bonds is 2. The summed E-state index contributed by atoms with van der Waals surface area (Å²) in [5.74, 6) is 4.33. The molecule has 0 aliphatic heterocycles. The molecule has 0 spiro atoms. The molecule has 0 aliphatic carbocycles. The first kappa shape index (κ1) is 11.5. The molecule has 0 unspecified atom stereocenters. The lowest BCUT2D eigenvalue weighted by Gasteiger charge is -1.98. The molecule has 1 heterocycles. The Hall–Kier alpha value is -1.57. The SMILES string of the molecule is CNCC#Cc1ccc(Cl)nc1C(=O)O. The largest absolute Gasteiger partial charge is 0.476 e. The number of carboxylic acid groups (broad SMARTS) is 1. The van der Waals surface area contributed by atoms with Gasteiger partial charge in [0, 0.05) is 0 Å². The summed E-state index contributed by atoms with van der Waals surface area (Å²) in [6.45, 7) is 0.488. The molecule has 1 aromatic heterocycles. The molecule has 0 radical (unpaired) electrons. The van der Waals surface area contributed by atoms with Crippen LogP contribution in [0.25, 0.3) is 0 Å². The molecular formula is C10H9ClN2O2. The Balaban J connectivity index is 3.08. The van der Waals surface area contributed by atoms with Gasteiger partial charge in [-0.3, -0.25) is 0 Å². The summed E-state index contributed by atoms with van der Waals surface area (Å²) in [5, 5.41) is 11.8. The molecule has 0 bridgehead atoms. The van der Waals surface area contributed by atoms with Gasteiger partial charge in [-0.2, -0.15) is 0 Å². The third kappa shape index (κ3) is 3.24. The van der Waals surface area contributed by atoms with Gasteiger partial charge in [-0.25, -0.2) is 9.78 Å². The number of carboxylic acids is 1. The van der Waals surface area contributed by atoms with E-state index < -0.39 is 5.97 Å². The Kier molecular flexibility index (Phi) is 4.10. The van der Waals surface area contributed by atoms with Crippen molar-refractivity contribution in [2.24, 2.45) is 0 Å². The zero-order valence-electron chi connectivity index (χ0n) is 8.04. The van der Waals surface area contributed by atoms with Crippen LogP contribution in [0.2, 0.25) is 5.15 Å². The van der Waals surface area contributed by atoms with Crippen molar-refractivity contribution < 1.29 is 9.90 Å². The Morgan fingerprint density at radius 3 is 3.00 bits per heavy atom. The normalized spacial score (nSPS) is 9.20. The highest BCUT2D eigenvalue weighted by Crippen LogP contribution is 2.10. The van der Waals surface area contributed by atoms with E-state index in [-0.39, 0.29) is 10.8 Å². The van der Waals surface area contributed by atoms with Crippen LogP contribution in [0.15, 0.2) is 12.1 Å². The van der Waals surface area contributed by atoms with Gasteiger partial charge in [0.25, 0.3) is 0 Å². The van der Waals surface area contributed by atoms with Gasteiger partial charge >= 0.3 is 5.97 Å². The summed E-state index contributed by atoms with van der Waals surface area (Å²) in [6, 6.07) is 3.05. The van der Waals surface area contributed by atoms with Crippen LogP contribution in [0.4, 0.5) is 0 Å². The Morgan fingerprint density at radius 1 is 1.67 bits per heavy atom. The van der Waals surface area contributed by atoms with Gasteiger partial charge in [0.05, 0.1) is 12.1 Å². The molecule has 0 amide bonds. The zero-order valence-corrected chi connectivity index (χ0v) is 8.80. The lowest BCUT2D eigenvalue weighted by molar-refractivity contribution is 0.0690. The number of aromatic nitrogens is 1. The Morgan fingerprint density at radius 2 is 2.40 bits per heavy atom. The van der Waals surface area contributed by atoms with Crippen molar-refractivity contribution in [2.75, 3.05) is 13.6 Å². The number of hydrogen-bond donors (Lipinski definition) is 2. The van der Waals surface area contributed by atoms with E-state index in [1.165, 1.54) is 6.07 Å². The van der Waals surface area contributed by atoms with Gasteiger partial charge in [-0.15, -0.1) is 0 Å². The predicted octanol–water partition coefficient (Wildman–Crippen LogP) is 1.00. The molecule has 1 aromatic rings. The number of pyridine rings is 1. The number of carbonyl (C=O) groups is 1. The maximum Gasteiger partial charge on any atom is 0.355 e. The second kappa shape index (κ2) is 5.35.